The van der Waals surface area contributed by atoms with E-state index >= 15 is 0 Å². The molecule has 1 aliphatic rings. The van der Waals surface area contributed by atoms with Crippen LogP contribution in [0.5, 0.6) is 0 Å². The molecule has 0 unspecified atom stereocenters. The van der Waals surface area contributed by atoms with E-state index in [1.807, 2.05) is 17.4 Å². The van der Waals surface area contributed by atoms with Gasteiger partial charge in [0.1, 0.15) is 5.82 Å². The van der Waals surface area contributed by atoms with E-state index < -0.39 is 0 Å². The second-order valence-corrected chi connectivity index (χ2v) is 5.76. The third-order valence-electron chi connectivity index (χ3n) is 3.27. The van der Waals surface area contributed by atoms with Gasteiger partial charge in [-0.05, 0) is 47.2 Å². The molecule has 2 aromatic rings. The lowest BCUT2D eigenvalue weighted by Gasteiger charge is -2.29. The highest BCUT2D eigenvalue weighted by atomic mass is 35.5. The average Bonchev–Trinajstić information content (AvgIpc) is 2.85. The number of nitrogens with zero attached hydrogens (tertiary/aromatic N) is 1. The van der Waals surface area contributed by atoms with E-state index in [4.69, 9.17) is 11.6 Å². The molecule has 0 spiro atoms. The van der Waals surface area contributed by atoms with Crippen LogP contribution in [0, 0.1) is 5.82 Å². The zero-order chi connectivity index (χ0) is 12.5. The third kappa shape index (κ3) is 2.25. The van der Waals surface area contributed by atoms with Crippen molar-refractivity contribution in [3.63, 3.8) is 0 Å². The minimum atomic E-state index is -0.209. The molecule has 4 heteroatoms. The molecule has 3 rings (SSSR count). The van der Waals surface area contributed by atoms with Crippen LogP contribution in [0.4, 0.5) is 10.1 Å². The van der Waals surface area contributed by atoms with Gasteiger partial charge in [0, 0.05) is 29.5 Å². The normalized spacial score (nSPS) is 14.7. The molecule has 18 heavy (non-hydrogen) atoms. The lowest BCUT2D eigenvalue weighted by molar-refractivity contribution is 0.624. The molecule has 2 heterocycles. The van der Waals surface area contributed by atoms with Crippen LogP contribution in [0.1, 0.15) is 16.0 Å². The summed E-state index contributed by atoms with van der Waals surface area (Å²) in [5, 5.41) is 2.13. The van der Waals surface area contributed by atoms with E-state index in [0.29, 0.717) is 5.88 Å². The largest absolute Gasteiger partial charge is 0.367 e. The van der Waals surface area contributed by atoms with Crippen molar-refractivity contribution < 1.29 is 4.39 Å². The van der Waals surface area contributed by atoms with Crippen molar-refractivity contribution in [2.24, 2.45) is 0 Å². The highest BCUT2D eigenvalue weighted by Gasteiger charge is 2.18. The molecule has 0 N–H and O–H groups in total. The predicted octanol–water partition coefficient (Wildman–Crippen LogP) is 4.19. The number of hydrogen-bond acceptors (Lipinski definition) is 2. The first-order chi connectivity index (χ1) is 8.76. The van der Waals surface area contributed by atoms with Crippen molar-refractivity contribution in [3.8, 4) is 0 Å². The highest BCUT2D eigenvalue weighted by Crippen LogP contribution is 2.29. The second-order valence-electron chi connectivity index (χ2n) is 4.49. The summed E-state index contributed by atoms with van der Waals surface area (Å²) in [6.07, 6.45) is 1.04. The van der Waals surface area contributed by atoms with Crippen molar-refractivity contribution in [2.45, 2.75) is 18.8 Å². The summed E-state index contributed by atoms with van der Waals surface area (Å²) in [6, 6.07) is 7.23. The number of halogens is 2. The molecule has 0 aliphatic carbocycles. The summed E-state index contributed by atoms with van der Waals surface area (Å²) >= 11 is 7.60. The van der Waals surface area contributed by atoms with E-state index in [2.05, 4.69) is 16.3 Å². The van der Waals surface area contributed by atoms with Crippen LogP contribution in [-0.4, -0.2) is 6.54 Å². The van der Waals surface area contributed by atoms with Crippen LogP contribution in [0.2, 0.25) is 0 Å². The summed E-state index contributed by atoms with van der Waals surface area (Å²) < 4.78 is 13.5. The van der Waals surface area contributed by atoms with Crippen LogP contribution in [-0.2, 0) is 18.8 Å². The molecule has 94 valence electrons. The van der Waals surface area contributed by atoms with Crippen molar-refractivity contribution >= 4 is 28.6 Å². The number of anilines is 1. The maximum atomic E-state index is 13.5. The van der Waals surface area contributed by atoms with Gasteiger partial charge in [0.2, 0.25) is 0 Å². The van der Waals surface area contributed by atoms with Gasteiger partial charge in [0.05, 0.1) is 0 Å². The number of fused-ring (bicyclic) bond motifs is 1. The first kappa shape index (κ1) is 12.0. The molecule has 0 saturated carbocycles. The smallest absolute Gasteiger partial charge is 0.125 e. The molecule has 1 aromatic heterocycles. The topological polar surface area (TPSA) is 3.24 Å². The minimum absolute atomic E-state index is 0.209. The molecule has 1 aromatic carbocycles. The second kappa shape index (κ2) is 4.90. The maximum Gasteiger partial charge on any atom is 0.125 e. The summed E-state index contributed by atoms with van der Waals surface area (Å²) in [5.41, 5.74) is 3.13. The number of rotatable bonds is 2. The van der Waals surface area contributed by atoms with Gasteiger partial charge in [0.25, 0.3) is 0 Å². The Bertz CT molecular complexity index is 567. The molecule has 0 radical (unpaired) electrons. The molecular formula is C14H13ClFNS. The van der Waals surface area contributed by atoms with Crippen molar-refractivity contribution in [3.05, 3.63) is 51.5 Å². The summed E-state index contributed by atoms with van der Waals surface area (Å²) in [6.45, 7) is 1.81. The fraction of sp³-hybridized carbons (Fsp3) is 0.286. The number of benzene rings is 1. The lowest BCUT2D eigenvalue weighted by atomic mass is 10.1. The Kier molecular flexibility index (Phi) is 3.27. The Balaban J connectivity index is 1.90. The van der Waals surface area contributed by atoms with E-state index in [1.165, 1.54) is 16.5 Å². The Labute approximate surface area is 115 Å². The summed E-state index contributed by atoms with van der Waals surface area (Å²) in [5.74, 6) is 0.140. The van der Waals surface area contributed by atoms with Gasteiger partial charge in [-0.15, -0.1) is 22.9 Å². The van der Waals surface area contributed by atoms with Gasteiger partial charge < -0.3 is 4.90 Å². The molecule has 0 bridgehead atoms. The third-order valence-corrected chi connectivity index (χ3v) is 4.60. The first-order valence-corrected chi connectivity index (χ1v) is 7.33. The van der Waals surface area contributed by atoms with E-state index in [9.17, 15) is 4.39 Å². The summed E-state index contributed by atoms with van der Waals surface area (Å²) in [4.78, 5) is 3.67. The van der Waals surface area contributed by atoms with Crippen LogP contribution in [0.15, 0.2) is 29.6 Å². The Hall–Kier alpha value is -1.06. The zero-order valence-electron chi connectivity index (χ0n) is 9.83. The maximum absolute atomic E-state index is 13.5. The highest BCUT2D eigenvalue weighted by molar-refractivity contribution is 7.10. The fourth-order valence-electron chi connectivity index (χ4n) is 2.36. The van der Waals surface area contributed by atoms with Crippen LogP contribution < -0.4 is 4.90 Å². The van der Waals surface area contributed by atoms with Gasteiger partial charge in [0.15, 0.2) is 0 Å². The Morgan fingerprint density at radius 2 is 2.22 bits per heavy atom. The van der Waals surface area contributed by atoms with Gasteiger partial charge in [-0.3, -0.25) is 0 Å². The Morgan fingerprint density at radius 1 is 1.33 bits per heavy atom. The predicted molar refractivity (Wildman–Crippen MR) is 75.0 cm³/mol. The molecular weight excluding hydrogens is 269 g/mol. The fourth-order valence-corrected chi connectivity index (χ4v) is 3.41. The molecule has 0 saturated heterocycles. The van der Waals surface area contributed by atoms with Gasteiger partial charge in [-0.2, -0.15) is 0 Å². The van der Waals surface area contributed by atoms with Crippen LogP contribution in [0.3, 0.4) is 0 Å². The number of thiophene rings is 1. The van der Waals surface area contributed by atoms with Crippen molar-refractivity contribution in [2.75, 3.05) is 11.4 Å². The van der Waals surface area contributed by atoms with Crippen LogP contribution >= 0.6 is 22.9 Å². The molecule has 1 nitrogen and oxygen atoms in total. The number of hydrogen-bond donors (Lipinski definition) is 0. The lowest BCUT2D eigenvalue weighted by Crippen LogP contribution is -2.29. The number of alkyl halides is 1. The average molecular weight is 282 g/mol. The summed E-state index contributed by atoms with van der Waals surface area (Å²) in [7, 11) is 0. The molecule has 0 fully saturated rings. The minimum Gasteiger partial charge on any atom is -0.367 e. The van der Waals surface area contributed by atoms with Gasteiger partial charge in [-0.1, -0.05) is 0 Å². The van der Waals surface area contributed by atoms with E-state index in [0.717, 1.165) is 30.8 Å². The van der Waals surface area contributed by atoms with Crippen LogP contribution in [0.25, 0.3) is 0 Å². The monoisotopic (exact) mass is 281 g/mol. The van der Waals surface area contributed by atoms with Crippen molar-refractivity contribution in [1.29, 1.82) is 0 Å². The first-order valence-electron chi connectivity index (χ1n) is 5.92. The van der Waals surface area contributed by atoms with Gasteiger partial charge >= 0.3 is 0 Å². The SMILES string of the molecule is Fc1cc(CCl)cc(N2CCc3sccc3C2)c1. The van der Waals surface area contributed by atoms with E-state index in [1.54, 1.807) is 6.07 Å². The molecule has 1 aliphatic heterocycles. The molecule has 0 amide bonds. The standard InChI is InChI=1S/C14H13ClFNS/c15-8-10-5-12(16)7-13(6-10)17-3-1-14-11(9-17)2-4-18-14/h2,4-7H,1,3,8-9H2. The van der Waals surface area contributed by atoms with Crippen molar-refractivity contribution in [1.82, 2.24) is 0 Å². The zero-order valence-corrected chi connectivity index (χ0v) is 11.4. The van der Waals surface area contributed by atoms with Gasteiger partial charge in [-0.25, -0.2) is 4.39 Å². The quantitative estimate of drug-likeness (QED) is 0.746. The molecule has 0 atom stereocenters. The Morgan fingerprint density at radius 3 is 3.06 bits per heavy atom. The van der Waals surface area contributed by atoms with E-state index in [-0.39, 0.29) is 5.82 Å².